The number of esters is 1. The standard InChI is InChI=1S/C18H27N3O6S/c1-5-27-16(24)13-12-6-9-21(15(23)14(12)20(4)19-13)10-18(7-8-18)28(25,26)17(2,3)11-22/h22H,5-11H2,1-4H3. The summed E-state index contributed by atoms with van der Waals surface area (Å²) in [5.41, 5.74) is 0.983. The molecule has 1 aliphatic heterocycles. The molecule has 1 amide bonds. The molecule has 1 aromatic heterocycles. The largest absolute Gasteiger partial charge is 0.461 e. The Morgan fingerprint density at radius 2 is 2.00 bits per heavy atom. The van der Waals surface area contributed by atoms with E-state index in [1.165, 1.54) is 23.4 Å². The van der Waals surface area contributed by atoms with Gasteiger partial charge >= 0.3 is 5.97 Å². The van der Waals surface area contributed by atoms with Crippen molar-refractivity contribution in [1.29, 1.82) is 0 Å². The molecule has 10 heteroatoms. The van der Waals surface area contributed by atoms with Gasteiger partial charge in [0.05, 0.1) is 22.7 Å². The zero-order chi connectivity index (χ0) is 20.9. The maximum absolute atomic E-state index is 13.1. The van der Waals surface area contributed by atoms with Crippen molar-refractivity contribution < 1.29 is 27.9 Å². The van der Waals surface area contributed by atoms with Crippen LogP contribution in [-0.4, -0.2) is 75.9 Å². The number of carbonyl (C=O) groups is 2. The van der Waals surface area contributed by atoms with E-state index in [0.29, 0.717) is 37.1 Å². The molecule has 0 atom stereocenters. The SMILES string of the molecule is CCOC(=O)c1nn(C)c2c1CCN(CC1(S(=O)(=O)C(C)(C)CO)CC1)C2=O. The van der Waals surface area contributed by atoms with Crippen LogP contribution in [0.4, 0.5) is 0 Å². The van der Waals surface area contributed by atoms with Crippen molar-refractivity contribution in [2.75, 3.05) is 26.3 Å². The first kappa shape index (κ1) is 20.8. The van der Waals surface area contributed by atoms with Crippen LogP contribution in [0.3, 0.4) is 0 Å². The number of aliphatic hydroxyl groups excluding tert-OH is 1. The van der Waals surface area contributed by atoms with E-state index >= 15 is 0 Å². The van der Waals surface area contributed by atoms with E-state index in [2.05, 4.69) is 5.10 Å². The van der Waals surface area contributed by atoms with E-state index < -0.39 is 31.9 Å². The first-order valence-electron chi connectivity index (χ1n) is 9.38. The summed E-state index contributed by atoms with van der Waals surface area (Å²) >= 11 is 0. The summed E-state index contributed by atoms with van der Waals surface area (Å²) in [7, 11) is -2.06. The normalized spacial score (nSPS) is 18.8. The summed E-state index contributed by atoms with van der Waals surface area (Å²) in [5, 5.41) is 13.7. The maximum atomic E-state index is 13.1. The first-order chi connectivity index (χ1) is 13.0. The second-order valence-electron chi connectivity index (χ2n) is 8.10. The fourth-order valence-corrected chi connectivity index (χ4v) is 6.06. The maximum Gasteiger partial charge on any atom is 0.359 e. The van der Waals surface area contributed by atoms with Gasteiger partial charge in [-0.3, -0.25) is 9.48 Å². The van der Waals surface area contributed by atoms with Crippen molar-refractivity contribution >= 4 is 21.7 Å². The van der Waals surface area contributed by atoms with Gasteiger partial charge in [-0.2, -0.15) is 5.10 Å². The number of nitrogens with zero attached hydrogens (tertiary/aromatic N) is 3. The molecule has 0 bridgehead atoms. The smallest absolute Gasteiger partial charge is 0.359 e. The van der Waals surface area contributed by atoms with Crippen LogP contribution in [0.5, 0.6) is 0 Å². The molecule has 0 spiro atoms. The third-order valence-corrected chi connectivity index (χ3v) is 8.96. The lowest BCUT2D eigenvalue weighted by molar-refractivity contribution is 0.0517. The minimum absolute atomic E-state index is 0.0803. The van der Waals surface area contributed by atoms with E-state index in [0.717, 1.165) is 0 Å². The average Bonchev–Trinajstić information content (AvgIpc) is 3.35. The van der Waals surface area contributed by atoms with Crippen LogP contribution >= 0.6 is 0 Å². The molecular formula is C18H27N3O6S. The summed E-state index contributed by atoms with van der Waals surface area (Å²) in [5.74, 6) is -0.901. The van der Waals surface area contributed by atoms with Gasteiger partial charge in [-0.15, -0.1) is 0 Å². The van der Waals surface area contributed by atoms with Crippen LogP contribution in [0, 0.1) is 0 Å². The molecule has 2 heterocycles. The predicted molar refractivity (Wildman–Crippen MR) is 101 cm³/mol. The van der Waals surface area contributed by atoms with E-state index in [4.69, 9.17) is 4.74 Å². The first-order valence-corrected chi connectivity index (χ1v) is 10.9. The fourth-order valence-electron chi connectivity index (χ4n) is 3.75. The Kier molecular flexibility index (Phi) is 5.08. The summed E-state index contributed by atoms with van der Waals surface area (Å²) < 4.78 is 30.2. The highest BCUT2D eigenvalue weighted by molar-refractivity contribution is 7.94. The van der Waals surface area contributed by atoms with Gasteiger partial charge in [-0.25, -0.2) is 13.2 Å². The second-order valence-corrected chi connectivity index (χ2v) is 11.1. The van der Waals surface area contributed by atoms with Crippen LogP contribution in [0.25, 0.3) is 0 Å². The van der Waals surface area contributed by atoms with Gasteiger partial charge in [0.2, 0.25) is 0 Å². The van der Waals surface area contributed by atoms with Crippen molar-refractivity contribution in [2.24, 2.45) is 7.05 Å². The molecule has 28 heavy (non-hydrogen) atoms. The van der Waals surface area contributed by atoms with Crippen LogP contribution in [0.1, 0.15) is 60.2 Å². The van der Waals surface area contributed by atoms with Gasteiger partial charge in [0.25, 0.3) is 5.91 Å². The van der Waals surface area contributed by atoms with Crippen LogP contribution < -0.4 is 0 Å². The lowest BCUT2D eigenvalue weighted by atomic mass is 10.0. The third-order valence-electron chi connectivity index (χ3n) is 5.70. The Morgan fingerprint density at radius 1 is 1.36 bits per heavy atom. The van der Waals surface area contributed by atoms with E-state index in [1.807, 2.05) is 0 Å². The minimum Gasteiger partial charge on any atom is -0.461 e. The van der Waals surface area contributed by atoms with Gasteiger partial charge in [0.15, 0.2) is 15.5 Å². The lowest BCUT2D eigenvalue weighted by Crippen LogP contribution is -2.51. The van der Waals surface area contributed by atoms with E-state index in [-0.39, 0.29) is 24.8 Å². The molecule has 0 aromatic carbocycles. The Morgan fingerprint density at radius 3 is 2.54 bits per heavy atom. The molecular weight excluding hydrogens is 386 g/mol. The number of amides is 1. The van der Waals surface area contributed by atoms with Crippen molar-refractivity contribution in [2.45, 2.75) is 49.5 Å². The van der Waals surface area contributed by atoms with Crippen LogP contribution in [0.15, 0.2) is 0 Å². The summed E-state index contributed by atoms with van der Waals surface area (Å²) in [6.07, 6.45) is 1.34. The number of rotatable bonds is 7. The molecule has 3 rings (SSSR count). The van der Waals surface area contributed by atoms with Crippen LogP contribution in [0.2, 0.25) is 0 Å². The molecule has 0 radical (unpaired) electrons. The molecule has 1 N–H and O–H groups in total. The highest BCUT2D eigenvalue weighted by atomic mass is 32.2. The Bertz CT molecular complexity index is 914. The molecule has 0 saturated heterocycles. The molecule has 1 fully saturated rings. The molecule has 2 aliphatic rings. The number of hydrogen-bond acceptors (Lipinski definition) is 7. The van der Waals surface area contributed by atoms with Gasteiger partial charge in [0, 0.05) is 25.7 Å². The number of aliphatic hydroxyl groups is 1. The van der Waals surface area contributed by atoms with Gasteiger partial charge in [-0.05, 0) is 40.0 Å². The number of ether oxygens (including phenoxy) is 1. The molecule has 9 nitrogen and oxygen atoms in total. The number of aryl methyl sites for hydroxylation is 1. The zero-order valence-electron chi connectivity index (χ0n) is 16.7. The molecule has 1 aliphatic carbocycles. The Balaban J connectivity index is 1.87. The number of sulfone groups is 1. The number of fused-ring (bicyclic) bond motifs is 1. The van der Waals surface area contributed by atoms with Crippen molar-refractivity contribution in [1.82, 2.24) is 14.7 Å². The van der Waals surface area contributed by atoms with Gasteiger partial charge < -0.3 is 14.7 Å². The number of carbonyl (C=O) groups excluding carboxylic acids is 2. The summed E-state index contributed by atoms with van der Waals surface area (Å²) in [6.45, 7) is 4.84. The quantitative estimate of drug-likeness (QED) is 0.639. The molecule has 0 unspecified atom stereocenters. The second kappa shape index (κ2) is 6.84. The van der Waals surface area contributed by atoms with Gasteiger partial charge in [0.1, 0.15) is 5.69 Å². The Hall–Kier alpha value is -1.94. The van der Waals surface area contributed by atoms with Crippen molar-refractivity contribution in [3.05, 3.63) is 17.0 Å². The molecule has 1 aromatic rings. The van der Waals surface area contributed by atoms with Gasteiger partial charge in [-0.1, -0.05) is 0 Å². The summed E-state index contributed by atoms with van der Waals surface area (Å²) in [4.78, 5) is 26.7. The number of hydrogen-bond donors (Lipinski definition) is 1. The topological polar surface area (TPSA) is 119 Å². The minimum atomic E-state index is -3.64. The van der Waals surface area contributed by atoms with Crippen molar-refractivity contribution in [3.8, 4) is 0 Å². The lowest BCUT2D eigenvalue weighted by Gasteiger charge is -2.34. The Labute approximate surface area is 164 Å². The zero-order valence-corrected chi connectivity index (χ0v) is 17.5. The van der Waals surface area contributed by atoms with Crippen molar-refractivity contribution in [3.63, 3.8) is 0 Å². The van der Waals surface area contributed by atoms with Crippen LogP contribution in [-0.2, 0) is 28.0 Å². The fraction of sp³-hybridized carbons (Fsp3) is 0.722. The highest BCUT2D eigenvalue weighted by Crippen LogP contribution is 2.49. The predicted octanol–water partition coefficient (Wildman–Crippen LogP) is 0.313. The average molecular weight is 413 g/mol. The van der Waals surface area contributed by atoms with E-state index in [1.54, 1.807) is 14.0 Å². The van der Waals surface area contributed by atoms with E-state index in [9.17, 15) is 23.1 Å². The number of aromatic nitrogens is 2. The monoisotopic (exact) mass is 413 g/mol. The molecule has 1 saturated carbocycles. The summed E-state index contributed by atoms with van der Waals surface area (Å²) in [6, 6.07) is 0. The molecule has 156 valence electrons. The highest BCUT2D eigenvalue weighted by Gasteiger charge is 2.60. The third kappa shape index (κ3) is 3.02.